The molecule has 10 heteroatoms. The van der Waals surface area contributed by atoms with Crippen LogP contribution in [0.25, 0.3) is 4.96 Å². The molecular formula is C26H25ClN4O4S. The molecule has 0 saturated carbocycles. The van der Waals surface area contributed by atoms with Crippen molar-refractivity contribution in [2.24, 2.45) is 0 Å². The number of halogens is 1. The predicted octanol–water partition coefficient (Wildman–Crippen LogP) is 5.44. The van der Waals surface area contributed by atoms with E-state index in [2.05, 4.69) is 15.6 Å². The number of thiazole rings is 1. The molecule has 4 aromatic rings. The largest absolute Gasteiger partial charge is 0.495 e. The predicted molar refractivity (Wildman–Crippen MR) is 143 cm³/mol. The monoisotopic (exact) mass is 524 g/mol. The van der Waals surface area contributed by atoms with Crippen LogP contribution in [0.15, 0.2) is 53.3 Å². The fourth-order valence-corrected chi connectivity index (χ4v) is 4.95. The van der Waals surface area contributed by atoms with E-state index < -0.39 is 17.4 Å². The zero-order valence-electron chi connectivity index (χ0n) is 20.1. The summed E-state index contributed by atoms with van der Waals surface area (Å²) in [7, 11) is 1.47. The second-order valence-electron chi connectivity index (χ2n) is 8.04. The van der Waals surface area contributed by atoms with E-state index in [1.165, 1.54) is 17.6 Å². The van der Waals surface area contributed by atoms with Gasteiger partial charge in [0.25, 0.3) is 17.4 Å². The van der Waals surface area contributed by atoms with E-state index in [-0.39, 0.29) is 15.5 Å². The summed E-state index contributed by atoms with van der Waals surface area (Å²) in [6.07, 6.45) is 2.27. The molecular weight excluding hydrogens is 500 g/mol. The van der Waals surface area contributed by atoms with E-state index in [0.29, 0.717) is 34.3 Å². The maximum absolute atomic E-state index is 13.4. The highest BCUT2D eigenvalue weighted by atomic mass is 35.5. The Morgan fingerprint density at radius 3 is 2.47 bits per heavy atom. The number of methoxy groups -OCH3 is 1. The molecule has 0 radical (unpaired) electrons. The van der Waals surface area contributed by atoms with E-state index in [9.17, 15) is 14.4 Å². The summed E-state index contributed by atoms with van der Waals surface area (Å²) in [4.78, 5) is 44.8. The molecule has 2 amide bonds. The number of nitrogens with zero attached hydrogens (tertiary/aromatic N) is 2. The molecule has 0 bridgehead atoms. The molecule has 8 nitrogen and oxygen atoms in total. The second-order valence-corrected chi connectivity index (χ2v) is 9.45. The summed E-state index contributed by atoms with van der Waals surface area (Å²) < 4.78 is 6.50. The Kier molecular flexibility index (Phi) is 7.71. The zero-order valence-corrected chi connectivity index (χ0v) is 21.6. The number of hydrogen-bond acceptors (Lipinski definition) is 6. The Bertz CT molecular complexity index is 1490. The van der Waals surface area contributed by atoms with Gasteiger partial charge in [-0.15, -0.1) is 0 Å². The van der Waals surface area contributed by atoms with Crippen LogP contribution in [-0.4, -0.2) is 28.3 Å². The van der Waals surface area contributed by atoms with Gasteiger partial charge in [0, 0.05) is 22.5 Å². The lowest BCUT2D eigenvalue weighted by atomic mass is 10.1. The second kappa shape index (κ2) is 10.9. The topological polar surface area (TPSA) is 102 Å². The van der Waals surface area contributed by atoms with E-state index in [1.54, 1.807) is 30.3 Å². The molecule has 0 saturated heterocycles. The number of aryl methyl sites for hydroxylation is 2. The van der Waals surface area contributed by atoms with E-state index in [4.69, 9.17) is 16.3 Å². The van der Waals surface area contributed by atoms with Crippen LogP contribution in [0.1, 0.15) is 51.7 Å². The highest BCUT2D eigenvalue weighted by molar-refractivity contribution is 7.19. The molecule has 0 fully saturated rings. The summed E-state index contributed by atoms with van der Waals surface area (Å²) >= 11 is 7.08. The fourth-order valence-electron chi connectivity index (χ4n) is 3.74. The van der Waals surface area contributed by atoms with Crippen molar-refractivity contribution >= 4 is 51.1 Å². The lowest BCUT2D eigenvalue weighted by Crippen LogP contribution is -2.25. The van der Waals surface area contributed by atoms with Crippen LogP contribution in [0, 0.1) is 0 Å². The van der Waals surface area contributed by atoms with Gasteiger partial charge in [-0.2, -0.15) is 0 Å². The number of ether oxygens (including phenoxy) is 1. The fraction of sp³-hybridized carbons (Fsp3) is 0.231. The smallest absolute Gasteiger partial charge is 0.274 e. The lowest BCUT2D eigenvalue weighted by Gasteiger charge is -2.11. The number of carbonyl (C=O) groups excluding carboxylic acids is 2. The van der Waals surface area contributed by atoms with Crippen LogP contribution >= 0.6 is 22.9 Å². The maximum Gasteiger partial charge on any atom is 0.274 e. The van der Waals surface area contributed by atoms with Crippen LogP contribution in [0.5, 0.6) is 5.75 Å². The molecule has 0 unspecified atom stereocenters. The Morgan fingerprint density at radius 2 is 1.81 bits per heavy atom. The molecule has 2 N–H and O–H groups in total. The third-order valence-electron chi connectivity index (χ3n) is 5.53. The molecule has 2 aromatic heterocycles. The number of hydrogen-bond donors (Lipinski definition) is 2. The van der Waals surface area contributed by atoms with Crippen LogP contribution in [-0.2, 0) is 12.8 Å². The minimum atomic E-state index is -0.596. The molecule has 2 aromatic carbocycles. The van der Waals surface area contributed by atoms with Crippen molar-refractivity contribution in [1.82, 2.24) is 9.38 Å². The maximum atomic E-state index is 13.4. The Hall–Kier alpha value is -3.69. The summed E-state index contributed by atoms with van der Waals surface area (Å²) in [5.41, 5.74) is 2.09. The molecule has 0 spiro atoms. The summed E-state index contributed by atoms with van der Waals surface area (Å²) in [5.74, 6) is -0.786. The third-order valence-corrected chi connectivity index (χ3v) is 6.80. The number of nitrogens with one attached hydrogen (secondary N) is 2. The Labute approximate surface area is 216 Å². The van der Waals surface area contributed by atoms with Gasteiger partial charge in [0.1, 0.15) is 16.3 Å². The van der Waals surface area contributed by atoms with Gasteiger partial charge in [0.05, 0.1) is 12.8 Å². The first-order valence-electron chi connectivity index (χ1n) is 11.4. The van der Waals surface area contributed by atoms with E-state index >= 15 is 0 Å². The van der Waals surface area contributed by atoms with Gasteiger partial charge in [-0.1, -0.05) is 55.3 Å². The van der Waals surface area contributed by atoms with Gasteiger partial charge in [-0.05, 0) is 48.7 Å². The zero-order chi connectivity index (χ0) is 25.8. The SMILES string of the molecule is CCCc1cc(=O)n2c(C(=O)Nc3ccc(CC)cc3)c(C(=O)Nc3cc(Cl)ccc3OC)sc2n1. The minimum Gasteiger partial charge on any atom is -0.495 e. The highest BCUT2D eigenvalue weighted by Gasteiger charge is 2.27. The molecule has 0 aliphatic carbocycles. The van der Waals surface area contributed by atoms with Crippen LogP contribution in [0.2, 0.25) is 5.02 Å². The summed E-state index contributed by atoms with van der Waals surface area (Å²) in [6.45, 7) is 4.02. The number of carbonyl (C=O) groups is 2. The quantitative estimate of drug-likeness (QED) is 0.319. The minimum absolute atomic E-state index is 0.0398. The van der Waals surface area contributed by atoms with Crippen molar-refractivity contribution in [3.63, 3.8) is 0 Å². The molecule has 0 aliphatic rings. The van der Waals surface area contributed by atoms with Gasteiger partial charge in [-0.3, -0.25) is 14.4 Å². The first kappa shape index (κ1) is 25.4. The van der Waals surface area contributed by atoms with Gasteiger partial charge in [0.2, 0.25) is 0 Å². The van der Waals surface area contributed by atoms with Crippen molar-refractivity contribution in [2.75, 3.05) is 17.7 Å². The highest BCUT2D eigenvalue weighted by Crippen LogP contribution is 2.30. The van der Waals surface area contributed by atoms with Gasteiger partial charge >= 0.3 is 0 Å². The van der Waals surface area contributed by atoms with Crippen molar-refractivity contribution in [2.45, 2.75) is 33.1 Å². The molecule has 4 rings (SSSR count). The third kappa shape index (κ3) is 5.27. The van der Waals surface area contributed by atoms with Gasteiger partial charge < -0.3 is 15.4 Å². The molecule has 0 atom stereocenters. The number of benzene rings is 2. The van der Waals surface area contributed by atoms with Crippen LogP contribution in [0.3, 0.4) is 0 Å². The molecule has 2 heterocycles. The average Bonchev–Trinajstić information content (AvgIpc) is 3.25. The first-order chi connectivity index (χ1) is 17.3. The number of aromatic nitrogens is 2. The van der Waals surface area contributed by atoms with Crippen molar-refractivity contribution < 1.29 is 14.3 Å². The van der Waals surface area contributed by atoms with Crippen LogP contribution in [0.4, 0.5) is 11.4 Å². The summed E-state index contributed by atoms with van der Waals surface area (Å²) in [6, 6.07) is 13.6. The van der Waals surface area contributed by atoms with Gasteiger partial charge in [-0.25, -0.2) is 9.38 Å². The number of fused-ring (bicyclic) bond motifs is 1. The van der Waals surface area contributed by atoms with Crippen molar-refractivity contribution in [1.29, 1.82) is 0 Å². The molecule has 186 valence electrons. The molecule has 0 aliphatic heterocycles. The molecule has 36 heavy (non-hydrogen) atoms. The normalized spacial score (nSPS) is 10.9. The lowest BCUT2D eigenvalue weighted by molar-refractivity contribution is 0.0989. The van der Waals surface area contributed by atoms with Crippen molar-refractivity contribution in [3.05, 3.63) is 85.7 Å². The van der Waals surface area contributed by atoms with E-state index in [0.717, 1.165) is 29.7 Å². The number of rotatable bonds is 8. The number of amides is 2. The Balaban J connectivity index is 1.80. The first-order valence-corrected chi connectivity index (χ1v) is 12.6. The van der Waals surface area contributed by atoms with Crippen LogP contribution < -0.4 is 20.9 Å². The van der Waals surface area contributed by atoms with Gasteiger partial charge in [0.15, 0.2) is 4.96 Å². The van der Waals surface area contributed by atoms with E-state index in [1.807, 2.05) is 26.0 Å². The summed E-state index contributed by atoms with van der Waals surface area (Å²) in [5, 5.41) is 5.95. The number of anilines is 2. The standard InChI is InChI=1S/C26H25ClN4O4S/c1-4-6-18-14-21(32)31-22(24(33)28-17-10-7-15(5-2)8-11-17)23(36-26(31)29-18)25(34)30-19-13-16(27)9-12-20(19)35-3/h7-14H,4-6H2,1-3H3,(H,28,33)(H,30,34). The van der Waals surface area contributed by atoms with Crippen molar-refractivity contribution in [3.8, 4) is 5.75 Å². The Morgan fingerprint density at radius 1 is 1.06 bits per heavy atom. The average molecular weight is 525 g/mol.